The Labute approximate surface area is 131 Å². The van der Waals surface area contributed by atoms with Gasteiger partial charge in [0.2, 0.25) is 0 Å². The number of hydrogen-bond acceptors (Lipinski definition) is 7. The SMILES string of the molecule is B[C@H]1CC(OP(=O)(O)OC2CCO[C@@H]2CO)[C@@H](COCC)O1. The van der Waals surface area contributed by atoms with E-state index >= 15 is 0 Å². The largest absolute Gasteiger partial charge is 0.472 e. The molecule has 0 radical (unpaired) electrons. The van der Waals surface area contributed by atoms with Crippen LogP contribution in [-0.2, 0) is 27.8 Å². The van der Waals surface area contributed by atoms with E-state index in [0.29, 0.717) is 32.7 Å². The third-order valence-corrected chi connectivity index (χ3v) is 4.81. The van der Waals surface area contributed by atoms with E-state index in [1.54, 1.807) is 0 Å². The lowest BCUT2D eigenvalue weighted by Crippen LogP contribution is -2.31. The third-order valence-electron chi connectivity index (χ3n) is 3.74. The van der Waals surface area contributed by atoms with Crippen molar-refractivity contribution in [1.29, 1.82) is 0 Å². The first-order chi connectivity index (χ1) is 10.4. The highest BCUT2D eigenvalue weighted by Gasteiger charge is 2.42. The first-order valence-electron chi connectivity index (χ1n) is 7.60. The molecule has 0 aromatic rings. The van der Waals surface area contributed by atoms with Gasteiger partial charge in [0.15, 0.2) is 0 Å². The average Bonchev–Trinajstić information content (AvgIpc) is 3.01. The van der Waals surface area contributed by atoms with Gasteiger partial charge in [-0.15, -0.1) is 0 Å². The molecule has 2 aliphatic rings. The number of phosphoric ester groups is 1. The fraction of sp³-hybridized carbons (Fsp3) is 1.00. The van der Waals surface area contributed by atoms with Gasteiger partial charge >= 0.3 is 7.82 Å². The van der Waals surface area contributed by atoms with Gasteiger partial charge in [-0.1, -0.05) is 0 Å². The third kappa shape index (κ3) is 5.01. The van der Waals surface area contributed by atoms with E-state index in [-0.39, 0.29) is 12.6 Å². The number of rotatable bonds is 8. The van der Waals surface area contributed by atoms with E-state index in [4.69, 9.17) is 28.4 Å². The summed E-state index contributed by atoms with van der Waals surface area (Å²) in [6.07, 6.45) is -1.26. The summed E-state index contributed by atoms with van der Waals surface area (Å²) in [6, 6.07) is -0.0736. The highest BCUT2D eigenvalue weighted by molar-refractivity contribution is 7.47. The molecule has 0 bridgehead atoms. The van der Waals surface area contributed by atoms with E-state index in [1.807, 2.05) is 14.8 Å². The van der Waals surface area contributed by atoms with Crippen molar-refractivity contribution in [2.45, 2.75) is 50.2 Å². The van der Waals surface area contributed by atoms with Crippen LogP contribution in [0.15, 0.2) is 0 Å². The second-order valence-corrected chi connectivity index (χ2v) is 6.88. The zero-order valence-electron chi connectivity index (χ0n) is 12.9. The van der Waals surface area contributed by atoms with Crippen LogP contribution in [-0.4, -0.2) is 74.7 Å². The molecule has 2 fully saturated rings. The normalized spacial score (nSPS) is 38.2. The highest BCUT2D eigenvalue weighted by atomic mass is 31.2. The molecular weight excluding hydrogens is 314 g/mol. The predicted octanol–water partition coefficient (Wildman–Crippen LogP) is -0.577. The van der Waals surface area contributed by atoms with Crippen molar-refractivity contribution in [3.8, 4) is 0 Å². The van der Waals surface area contributed by atoms with Crippen molar-refractivity contribution in [1.82, 2.24) is 0 Å². The molecule has 0 amide bonds. The molecule has 2 aliphatic heterocycles. The van der Waals surface area contributed by atoms with Gasteiger partial charge in [0.25, 0.3) is 0 Å². The summed E-state index contributed by atoms with van der Waals surface area (Å²) >= 11 is 0. The van der Waals surface area contributed by atoms with E-state index in [9.17, 15) is 9.46 Å². The van der Waals surface area contributed by atoms with Gasteiger partial charge in [-0.25, -0.2) is 4.57 Å². The van der Waals surface area contributed by atoms with Crippen LogP contribution in [0.5, 0.6) is 0 Å². The Kier molecular flexibility index (Phi) is 6.85. The molecule has 10 heteroatoms. The maximum Gasteiger partial charge on any atom is 0.472 e. The van der Waals surface area contributed by atoms with Crippen molar-refractivity contribution in [2.24, 2.45) is 0 Å². The molecule has 0 aromatic heterocycles. The molecule has 22 heavy (non-hydrogen) atoms. The highest BCUT2D eigenvalue weighted by Crippen LogP contribution is 2.49. The molecule has 6 atom stereocenters. The molecule has 2 saturated heterocycles. The minimum Gasteiger partial charge on any atom is -0.394 e. The summed E-state index contributed by atoms with van der Waals surface area (Å²) in [5.74, 6) is 0. The first-order valence-corrected chi connectivity index (χ1v) is 9.10. The Morgan fingerprint density at radius 1 is 1.32 bits per heavy atom. The lowest BCUT2D eigenvalue weighted by atomic mass is 9.96. The Morgan fingerprint density at radius 3 is 2.73 bits per heavy atom. The van der Waals surface area contributed by atoms with Gasteiger partial charge < -0.3 is 24.2 Å². The molecule has 2 N–H and O–H groups in total. The van der Waals surface area contributed by atoms with Crippen molar-refractivity contribution >= 4 is 15.7 Å². The number of aliphatic hydroxyl groups is 1. The molecule has 8 nitrogen and oxygen atoms in total. The van der Waals surface area contributed by atoms with Crippen LogP contribution in [0.3, 0.4) is 0 Å². The molecule has 0 aliphatic carbocycles. The van der Waals surface area contributed by atoms with Crippen LogP contribution >= 0.6 is 7.82 Å². The smallest absolute Gasteiger partial charge is 0.394 e. The standard InChI is InChI=1S/C12H24BO8P/c1-2-17-7-11-9(5-12(13)19-11)21-22(15,16)20-8-3-4-18-10(8)6-14/h8-12,14H,2-7,13H2,1H3,(H,15,16)/t8?,9?,10-,11-,12-/m1/s1. The van der Waals surface area contributed by atoms with Crippen molar-refractivity contribution < 1.29 is 37.8 Å². The minimum absolute atomic E-state index is 0.0736. The monoisotopic (exact) mass is 338 g/mol. The molecule has 2 heterocycles. The van der Waals surface area contributed by atoms with Gasteiger partial charge in [0.1, 0.15) is 26.2 Å². The Balaban J connectivity index is 1.90. The average molecular weight is 338 g/mol. The zero-order chi connectivity index (χ0) is 16.2. The van der Waals surface area contributed by atoms with E-state index in [2.05, 4.69) is 0 Å². The maximum absolute atomic E-state index is 12.2. The molecule has 0 spiro atoms. The molecular formula is C12H24BO8P. The van der Waals surface area contributed by atoms with Gasteiger partial charge in [0, 0.05) is 25.6 Å². The van der Waals surface area contributed by atoms with Gasteiger partial charge in [0.05, 0.1) is 19.3 Å². The van der Waals surface area contributed by atoms with Crippen molar-refractivity contribution in [3.05, 3.63) is 0 Å². The summed E-state index contributed by atoms with van der Waals surface area (Å²) in [7, 11) is -2.39. The van der Waals surface area contributed by atoms with E-state index in [0.717, 1.165) is 0 Å². The molecule has 2 rings (SSSR count). The minimum atomic E-state index is -4.26. The molecule has 128 valence electrons. The van der Waals surface area contributed by atoms with E-state index < -0.39 is 32.2 Å². The summed E-state index contributed by atoms with van der Waals surface area (Å²) in [6.45, 7) is 2.82. The number of hydrogen-bond donors (Lipinski definition) is 2. The summed E-state index contributed by atoms with van der Waals surface area (Å²) in [5.41, 5.74) is 0. The fourth-order valence-corrected chi connectivity index (χ4v) is 3.90. The van der Waals surface area contributed by atoms with Crippen molar-refractivity contribution in [2.75, 3.05) is 26.4 Å². The van der Waals surface area contributed by atoms with Crippen LogP contribution in [0.4, 0.5) is 0 Å². The van der Waals surface area contributed by atoms with Gasteiger partial charge in [-0.05, 0) is 13.3 Å². The predicted molar refractivity (Wildman–Crippen MR) is 79.3 cm³/mol. The van der Waals surface area contributed by atoms with Crippen LogP contribution in [0, 0.1) is 0 Å². The molecule has 0 saturated carbocycles. The topological polar surface area (TPSA) is 104 Å². The van der Waals surface area contributed by atoms with Crippen molar-refractivity contribution in [3.63, 3.8) is 0 Å². The number of aliphatic hydroxyl groups excluding tert-OH is 1. The Hall–Kier alpha value is 0.0149. The number of phosphoric acid groups is 1. The summed E-state index contributed by atoms with van der Waals surface area (Å²) in [5, 5.41) is 9.14. The molecule has 3 unspecified atom stereocenters. The second kappa shape index (κ2) is 8.21. The summed E-state index contributed by atoms with van der Waals surface area (Å²) < 4.78 is 38.8. The Morgan fingerprint density at radius 2 is 2.05 bits per heavy atom. The number of ether oxygens (including phenoxy) is 3. The lowest BCUT2D eigenvalue weighted by molar-refractivity contribution is -0.0382. The van der Waals surface area contributed by atoms with E-state index in [1.165, 1.54) is 0 Å². The zero-order valence-corrected chi connectivity index (χ0v) is 13.8. The van der Waals surface area contributed by atoms with Crippen LogP contribution in [0.2, 0.25) is 0 Å². The van der Waals surface area contributed by atoms with Crippen LogP contribution < -0.4 is 0 Å². The first kappa shape index (κ1) is 18.4. The molecule has 0 aromatic carbocycles. The quantitative estimate of drug-likeness (QED) is 0.448. The summed E-state index contributed by atoms with van der Waals surface area (Å²) in [4.78, 5) is 9.96. The second-order valence-electron chi connectivity index (χ2n) is 5.52. The maximum atomic E-state index is 12.2. The lowest BCUT2D eigenvalue weighted by Gasteiger charge is -2.24. The van der Waals surface area contributed by atoms with Gasteiger partial charge in [-0.3, -0.25) is 9.05 Å². The Bertz CT molecular complexity index is 397. The van der Waals surface area contributed by atoms with Gasteiger partial charge in [-0.2, -0.15) is 0 Å². The fourth-order valence-electron chi connectivity index (χ4n) is 2.70. The van der Waals surface area contributed by atoms with Crippen LogP contribution in [0.1, 0.15) is 19.8 Å². The van der Waals surface area contributed by atoms with Crippen LogP contribution in [0.25, 0.3) is 0 Å².